The molecule has 144 heavy (non-hydrogen) atoms. The van der Waals surface area contributed by atoms with E-state index in [4.69, 9.17) is 51.3 Å². The minimum Gasteiger partial charge on any atom is -0.480 e. The number of rotatable bonds is 66. The van der Waals surface area contributed by atoms with Crippen molar-refractivity contribution in [3.05, 3.63) is 144 Å². The fourth-order valence-corrected chi connectivity index (χ4v) is 16.7. The number of nitrogens with one attached hydrogen (secondary N) is 20. The number of amides is 15. The van der Waals surface area contributed by atoms with E-state index < -0.39 is 205 Å². The molecule has 0 saturated carbocycles. The van der Waals surface area contributed by atoms with E-state index in [1.165, 1.54) is 0 Å². The number of hydrogen-bond donors (Lipinski definition) is 29. The highest BCUT2D eigenvalue weighted by Crippen LogP contribution is 2.26. The van der Waals surface area contributed by atoms with Gasteiger partial charge >= 0.3 is 5.97 Å². The van der Waals surface area contributed by atoms with Gasteiger partial charge in [0.2, 0.25) is 88.6 Å². The molecule has 13 atom stereocenters. The summed E-state index contributed by atoms with van der Waals surface area (Å²) in [6.07, 6.45) is 8.20. The SMILES string of the molecule is CC(C)[C@H](N)C(=O)N[C@@H](CCCCN)C(=O)NCC(=O)N[C@@H](Cc1c[nH]c2ccccc12)C(=O)N[C@@H](CCCCN)C(=O)N[C@@H](CCCCN)C(=O)N[C@@H](Cc1c[nH]c2ccccc12)C(=O)N[C@@H](Cc1c[nH]c2ccccc12)C(=O)N[C@@H](CCCNC(=N)N)C(=O)N[C@@H](CCCCN)C(=O)N[C@@H](Cc1c[nH]c2ccccc12)C(=O)NCC(=O)N[C@@H](CCCCN)C(=O)N[C@@H](CCC(N)=O)C(=O)N[C@H](C(=O)O)C(C)C. The van der Waals surface area contributed by atoms with E-state index >= 15 is 33.6 Å². The van der Waals surface area contributed by atoms with Crippen molar-refractivity contribution in [3.63, 3.8) is 0 Å². The van der Waals surface area contributed by atoms with E-state index in [-0.39, 0.29) is 141 Å². The van der Waals surface area contributed by atoms with Crippen LogP contribution in [0.4, 0.5) is 0 Å². The number of carboxylic acids is 1. The van der Waals surface area contributed by atoms with Crippen LogP contribution in [0.2, 0.25) is 0 Å². The van der Waals surface area contributed by atoms with E-state index in [1.807, 2.05) is 18.2 Å². The second kappa shape index (κ2) is 59.5. The van der Waals surface area contributed by atoms with Crippen molar-refractivity contribution in [1.82, 2.24) is 99.7 Å². The number of nitrogens with two attached hydrogens (primary N) is 8. The van der Waals surface area contributed by atoms with Crippen molar-refractivity contribution in [2.75, 3.05) is 52.4 Å². The average Bonchev–Trinajstić information content (AvgIpc) is 1.67. The topological polar surface area (TPSA) is 769 Å². The van der Waals surface area contributed by atoms with Crippen LogP contribution in [0.1, 0.15) is 172 Å². The number of fused-ring (bicyclic) bond motifs is 4. The van der Waals surface area contributed by atoms with Crippen LogP contribution in [0.3, 0.4) is 0 Å². The van der Waals surface area contributed by atoms with Gasteiger partial charge in [-0.1, -0.05) is 100 Å². The predicted octanol–water partition coefficient (Wildman–Crippen LogP) is -1.17. The zero-order chi connectivity index (χ0) is 105. The Balaban J connectivity index is 1.08. The Kier molecular flexibility index (Phi) is 47.4. The van der Waals surface area contributed by atoms with Crippen LogP contribution in [0.25, 0.3) is 43.6 Å². The summed E-state index contributed by atoms with van der Waals surface area (Å²) in [4.78, 5) is 243. The highest BCUT2D eigenvalue weighted by Gasteiger charge is 2.39. The number of hydrogen-bond acceptors (Lipinski definition) is 23. The first-order valence-electron chi connectivity index (χ1n) is 49.3. The first-order chi connectivity index (χ1) is 69.0. The molecular formula is C99H146N28O17. The number of para-hydroxylation sites is 4. The summed E-state index contributed by atoms with van der Waals surface area (Å²) in [5.41, 5.74) is 51.8. The Morgan fingerprint density at radius 2 is 0.556 bits per heavy atom. The van der Waals surface area contributed by atoms with Gasteiger partial charge in [-0.3, -0.25) is 77.3 Å². The summed E-state index contributed by atoms with van der Waals surface area (Å²) in [7, 11) is 0. The fourth-order valence-electron chi connectivity index (χ4n) is 16.7. The number of primary amides is 1. The van der Waals surface area contributed by atoms with E-state index in [1.54, 1.807) is 131 Å². The quantitative estimate of drug-likeness (QED) is 0.0121. The summed E-state index contributed by atoms with van der Waals surface area (Å²) in [5, 5.41) is 61.2. The largest absolute Gasteiger partial charge is 0.480 e. The molecule has 4 heterocycles. The minimum atomic E-state index is -1.62. The molecule has 37 N–H and O–H groups in total. The minimum absolute atomic E-state index is 0.0106. The van der Waals surface area contributed by atoms with Crippen molar-refractivity contribution in [3.8, 4) is 0 Å². The molecule has 0 saturated heterocycles. The highest BCUT2D eigenvalue weighted by molar-refractivity contribution is 6.02. The lowest BCUT2D eigenvalue weighted by atomic mass is 10.00. The summed E-state index contributed by atoms with van der Waals surface area (Å²) in [6.45, 7) is 6.18. The molecule has 8 rings (SSSR count). The van der Waals surface area contributed by atoms with Crippen LogP contribution in [-0.4, -0.2) is 256 Å². The monoisotopic (exact) mass is 2000 g/mol. The number of H-pyrrole nitrogens is 4. The molecule has 0 bridgehead atoms. The van der Waals surface area contributed by atoms with Gasteiger partial charge in [0.15, 0.2) is 5.96 Å². The highest BCUT2D eigenvalue weighted by atomic mass is 16.4. The molecule has 0 radical (unpaired) electrons. The second-order valence-electron chi connectivity index (χ2n) is 36.7. The first kappa shape index (κ1) is 115. The number of aromatic amines is 4. The second-order valence-corrected chi connectivity index (χ2v) is 36.7. The molecular weight excluding hydrogens is 1850 g/mol. The van der Waals surface area contributed by atoms with E-state index in [2.05, 4.69) is 99.7 Å². The van der Waals surface area contributed by atoms with E-state index in [9.17, 15) is 48.3 Å². The fraction of sp³-hybridized carbons (Fsp3) is 0.505. The molecule has 0 unspecified atom stereocenters. The average molecular weight is 2000 g/mol. The zero-order valence-corrected chi connectivity index (χ0v) is 82.2. The Morgan fingerprint density at radius 3 is 0.854 bits per heavy atom. The van der Waals surface area contributed by atoms with Crippen LogP contribution in [-0.2, 0) is 102 Å². The van der Waals surface area contributed by atoms with Crippen molar-refractivity contribution in [1.29, 1.82) is 5.41 Å². The number of carbonyl (C=O) groups excluding carboxylic acids is 15. The van der Waals surface area contributed by atoms with Crippen LogP contribution in [0, 0.1) is 17.2 Å². The third-order valence-corrected chi connectivity index (χ3v) is 24.9. The lowest BCUT2D eigenvalue weighted by Gasteiger charge is -2.28. The maximum Gasteiger partial charge on any atom is 0.326 e. The Bertz CT molecular complexity index is 5640. The predicted molar refractivity (Wildman–Crippen MR) is 545 cm³/mol. The van der Waals surface area contributed by atoms with E-state index in [0.29, 0.717) is 111 Å². The maximum absolute atomic E-state index is 15.9. The van der Waals surface area contributed by atoms with Crippen LogP contribution < -0.4 is 126 Å². The molecule has 45 heteroatoms. The van der Waals surface area contributed by atoms with Gasteiger partial charge in [-0.2, -0.15) is 0 Å². The molecule has 4 aromatic carbocycles. The van der Waals surface area contributed by atoms with Crippen LogP contribution in [0.5, 0.6) is 0 Å². The molecule has 784 valence electrons. The number of carboxylic acid groups (broad SMARTS) is 1. The maximum atomic E-state index is 15.9. The van der Waals surface area contributed by atoms with Crippen molar-refractivity contribution >= 4 is 144 Å². The van der Waals surface area contributed by atoms with Crippen LogP contribution in [0.15, 0.2) is 122 Å². The molecule has 4 aromatic heterocycles. The summed E-state index contributed by atoms with van der Waals surface area (Å²) in [5.74, 6) is -15.5. The number of aromatic nitrogens is 4. The lowest BCUT2D eigenvalue weighted by molar-refractivity contribution is -0.143. The van der Waals surface area contributed by atoms with Gasteiger partial charge in [0, 0.05) is 107 Å². The molecule has 0 fully saturated rings. The van der Waals surface area contributed by atoms with Gasteiger partial charge in [0.1, 0.15) is 72.5 Å². The number of benzene rings is 4. The Labute approximate surface area is 835 Å². The normalized spacial score (nSPS) is 14.1. The van der Waals surface area contributed by atoms with Crippen LogP contribution >= 0.6 is 0 Å². The molecule has 15 amide bonds. The number of guanidine groups is 1. The Morgan fingerprint density at radius 1 is 0.306 bits per heavy atom. The number of carbonyl (C=O) groups is 16. The van der Waals surface area contributed by atoms with Gasteiger partial charge in [0.25, 0.3) is 0 Å². The number of unbranched alkanes of at least 4 members (excludes halogenated alkanes) is 5. The molecule has 0 spiro atoms. The standard InChI is InChI=1S/C99H146N28O17/c1-56(2)84(106)97(142)123-70(32-13-18-40-100)86(131)114-55-83(130)117-78(47-59-51-111-67-29-10-6-25-63(59)67)94(139)120-72(34-15-20-42-102)89(134)118-74(36-17-22-44-104)92(137)125-80(49-61-53-113-69-31-12-8-27-65(61)69)96(141)126-79(48-60-52-112-68-30-11-7-26-64(60)68)95(140)121-75(37-23-45-109-99(107)108)90(135)119-73(35-16-21-43-103)91(136)124-77(46-58-50-110-66-28-9-5-24-62(58)66)87(132)115-54-82(129)116-71(33-14-19-41-101)88(133)122-76(38-39-81(105)128)93(138)127-85(57(3)4)98(143)144/h5-12,24-31,50-53,56-57,70-80,84-85,110-113H,13-23,32-49,54-55,100-104,106H2,1-4H3,(H2,105,128)(H,114,131)(H,115,132)(H,116,129)(H,117,130)(H,118,134)(H,119,135)(H,120,139)(H,121,140)(H,122,133)(H,123,142)(H,124,136)(H,125,137)(H,126,141)(H,127,138)(H,143,144)(H4,107,108,109)/t70-,71-,72-,73-,74-,75-,76-,77-,78-,79-,80-,84-,85-/m0/s1. The molecule has 8 aromatic rings. The van der Waals surface area contributed by atoms with Crippen molar-refractivity contribution in [2.24, 2.45) is 57.7 Å². The number of aliphatic carboxylic acids is 1. The third-order valence-electron chi connectivity index (χ3n) is 24.9. The van der Waals surface area contributed by atoms with E-state index in [0.717, 1.165) is 0 Å². The summed E-state index contributed by atoms with van der Waals surface area (Å²) < 4.78 is 0. The van der Waals surface area contributed by atoms with Gasteiger partial charge in [0.05, 0.1) is 19.1 Å². The lowest BCUT2D eigenvalue weighted by Crippen LogP contribution is -2.61. The first-order valence-corrected chi connectivity index (χ1v) is 49.3. The molecule has 45 nitrogen and oxygen atoms in total. The smallest absolute Gasteiger partial charge is 0.326 e. The molecule has 0 aliphatic rings. The molecule has 0 aliphatic carbocycles. The van der Waals surface area contributed by atoms with Gasteiger partial charge in [-0.25, -0.2) is 4.79 Å². The van der Waals surface area contributed by atoms with Crippen molar-refractivity contribution in [2.45, 2.75) is 254 Å². The summed E-state index contributed by atoms with van der Waals surface area (Å²) in [6, 6.07) is 10.2. The van der Waals surface area contributed by atoms with Gasteiger partial charge in [-0.15, -0.1) is 0 Å². The van der Waals surface area contributed by atoms with Gasteiger partial charge in [-0.05, 0) is 207 Å². The zero-order valence-electron chi connectivity index (χ0n) is 82.2. The third kappa shape index (κ3) is 36.5. The van der Waals surface area contributed by atoms with Crippen molar-refractivity contribution < 1.29 is 81.8 Å². The molecule has 0 aliphatic heterocycles. The van der Waals surface area contributed by atoms with Gasteiger partial charge < -0.3 is 151 Å². The Hall–Kier alpha value is -14.4. The summed E-state index contributed by atoms with van der Waals surface area (Å²) >= 11 is 0.